The summed E-state index contributed by atoms with van der Waals surface area (Å²) >= 11 is 6.03. The Hall–Kier alpha value is -2.14. The number of aromatic nitrogens is 1. The van der Waals surface area contributed by atoms with Crippen LogP contribution in [0, 0.1) is 17.0 Å². The number of nitrogens with one attached hydrogen (secondary N) is 1. The summed E-state index contributed by atoms with van der Waals surface area (Å²) in [6.45, 7) is 2.30. The molecule has 0 aliphatic rings. The number of halogens is 1. The minimum Gasteiger partial charge on any atom is -0.379 e. The van der Waals surface area contributed by atoms with E-state index in [2.05, 4.69) is 10.3 Å². The molecule has 1 aromatic carbocycles. The highest BCUT2D eigenvalue weighted by Gasteiger charge is 2.09. The lowest BCUT2D eigenvalue weighted by molar-refractivity contribution is -0.384. The number of benzene rings is 1. The lowest BCUT2D eigenvalue weighted by Gasteiger charge is -2.09. The first-order valence-corrected chi connectivity index (χ1v) is 6.04. The molecule has 0 atom stereocenters. The largest absolute Gasteiger partial charge is 0.379 e. The summed E-state index contributed by atoms with van der Waals surface area (Å²) in [7, 11) is 0. The molecule has 0 spiro atoms. The lowest BCUT2D eigenvalue weighted by Crippen LogP contribution is -2.03. The van der Waals surface area contributed by atoms with Crippen LogP contribution < -0.4 is 5.32 Å². The van der Waals surface area contributed by atoms with Gasteiger partial charge in [-0.25, -0.2) is 0 Å². The van der Waals surface area contributed by atoms with Gasteiger partial charge >= 0.3 is 0 Å². The molecule has 0 unspecified atom stereocenters. The number of aryl methyl sites for hydroxylation is 1. The van der Waals surface area contributed by atoms with E-state index in [1.807, 2.05) is 19.1 Å². The third-order valence-corrected chi connectivity index (χ3v) is 3.09. The van der Waals surface area contributed by atoms with Gasteiger partial charge in [0.15, 0.2) is 0 Å². The van der Waals surface area contributed by atoms with E-state index in [1.54, 1.807) is 6.20 Å². The van der Waals surface area contributed by atoms with Gasteiger partial charge in [0.25, 0.3) is 5.69 Å². The molecule has 0 amide bonds. The number of non-ortho nitro benzene ring substituents is 1. The van der Waals surface area contributed by atoms with Gasteiger partial charge in [-0.3, -0.25) is 15.1 Å². The Bertz CT molecular complexity index is 617. The van der Waals surface area contributed by atoms with Crippen molar-refractivity contribution in [3.05, 3.63) is 62.9 Å². The molecule has 1 N–H and O–H groups in total. The molecule has 0 saturated heterocycles. The van der Waals surface area contributed by atoms with Gasteiger partial charge in [-0.15, -0.1) is 0 Å². The summed E-state index contributed by atoms with van der Waals surface area (Å²) in [4.78, 5) is 14.4. The third-order valence-electron chi connectivity index (χ3n) is 2.72. The predicted molar refractivity (Wildman–Crippen MR) is 74.4 cm³/mol. The Labute approximate surface area is 115 Å². The molecular formula is C13H12ClN3O2. The van der Waals surface area contributed by atoms with E-state index in [-0.39, 0.29) is 5.69 Å². The highest BCUT2D eigenvalue weighted by atomic mass is 35.5. The van der Waals surface area contributed by atoms with E-state index in [9.17, 15) is 10.1 Å². The van der Waals surface area contributed by atoms with Crippen LogP contribution in [0.1, 0.15) is 11.3 Å². The first-order chi connectivity index (χ1) is 9.08. The average Bonchev–Trinajstić information content (AvgIpc) is 2.39. The second kappa shape index (κ2) is 5.67. The third kappa shape index (κ3) is 3.20. The summed E-state index contributed by atoms with van der Waals surface area (Å²) in [5.74, 6) is 0. The van der Waals surface area contributed by atoms with E-state index < -0.39 is 4.92 Å². The molecule has 0 radical (unpaired) electrons. The summed E-state index contributed by atoms with van der Waals surface area (Å²) in [6, 6.07) is 8.12. The SMILES string of the molecule is Cc1ncccc1NCc1cc([N+](=O)[O-])ccc1Cl. The van der Waals surface area contributed by atoms with Gasteiger partial charge in [0.1, 0.15) is 0 Å². The number of nitro groups is 1. The molecule has 0 saturated carbocycles. The van der Waals surface area contributed by atoms with Crippen LogP contribution in [-0.2, 0) is 6.54 Å². The first-order valence-electron chi connectivity index (χ1n) is 5.66. The van der Waals surface area contributed by atoms with Crippen LogP contribution in [0.3, 0.4) is 0 Å². The molecule has 0 aliphatic carbocycles. The van der Waals surface area contributed by atoms with Crippen molar-refractivity contribution < 1.29 is 4.92 Å². The van der Waals surface area contributed by atoms with Crippen LogP contribution >= 0.6 is 11.6 Å². The Morgan fingerprint density at radius 3 is 2.89 bits per heavy atom. The Morgan fingerprint density at radius 2 is 2.21 bits per heavy atom. The summed E-state index contributed by atoms with van der Waals surface area (Å²) in [6.07, 6.45) is 1.71. The van der Waals surface area contributed by atoms with E-state index in [4.69, 9.17) is 11.6 Å². The maximum atomic E-state index is 10.7. The molecule has 1 heterocycles. The summed E-state index contributed by atoms with van der Waals surface area (Å²) in [5.41, 5.74) is 2.46. The molecule has 1 aromatic heterocycles. The highest BCUT2D eigenvalue weighted by Crippen LogP contribution is 2.23. The van der Waals surface area contributed by atoms with Gasteiger partial charge in [0, 0.05) is 29.9 Å². The number of rotatable bonds is 4. The quantitative estimate of drug-likeness (QED) is 0.685. The molecule has 5 nitrogen and oxygen atoms in total. The summed E-state index contributed by atoms with van der Waals surface area (Å²) < 4.78 is 0. The Kier molecular flexibility index (Phi) is 3.97. The van der Waals surface area contributed by atoms with Crippen LogP contribution in [0.15, 0.2) is 36.5 Å². The number of pyridine rings is 1. The van der Waals surface area contributed by atoms with Crippen molar-refractivity contribution in [1.82, 2.24) is 4.98 Å². The fourth-order valence-corrected chi connectivity index (χ4v) is 1.86. The Morgan fingerprint density at radius 1 is 1.42 bits per heavy atom. The van der Waals surface area contributed by atoms with Crippen molar-refractivity contribution in [3.8, 4) is 0 Å². The second-order valence-electron chi connectivity index (χ2n) is 4.02. The fraction of sp³-hybridized carbons (Fsp3) is 0.154. The standard InChI is InChI=1S/C13H12ClN3O2/c1-9-13(3-2-6-15-9)16-8-10-7-11(17(18)19)4-5-12(10)14/h2-7,16H,8H2,1H3. The zero-order chi connectivity index (χ0) is 13.8. The number of hydrogen-bond donors (Lipinski definition) is 1. The van der Waals surface area contributed by atoms with Gasteiger partial charge < -0.3 is 5.32 Å². The highest BCUT2D eigenvalue weighted by molar-refractivity contribution is 6.31. The van der Waals surface area contributed by atoms with Crippen LogP contribution in [0.2, 0.25) is 5.02 Å². The zero-order valence-corrected chi connectivity index (χ0v) is 11.0. The number of anilines is 1. The van der Waals surface area contributed by atoms with Gasteiger partial charge in [-0.05, 0) is 30.7 Å². The van der Waals surface area contributed by atoms with Crippen molar-refractivity contribution in [2.45, 2.75) is 13.5 Å². The minimum absolute atomic E-state index is 0.0316. The molecule has 2 aromatic rings. The van der Waals surface area contributed by atoms with E-state index in [0.717, 1.165) is 11.4 Å². The first kappa shape index (κ1) is 13.3. The summed E-state index contributed by atoms with van der Waals surface area (Å²) in [5, 5.41) is 14.4. The van der Waals surface area contributed by atoms with Gasteiger partial charge in [-0.2, -0.15) is 0 Å². The fourth-order valence-electron chi connectivity index (χ4n) is 1.67. The smallest absolute Gasteiger partial charge is 0.269 e. The molecule has 0 bridgehead atoms. The van der Waals surface area contributed by atoms with Crippen molar-refractivity contribution in [3.63, 3.8) is 0 Å². The van der Waals surface area contributed by atoms with Gasteiger partial charge in [0.2, 0.25) is 0 Å². The lowest BCUT2D eigenvalue weighted by atomic mass is 10.2. The van der Waals surface area contributed by atoms with Crippen LogP contribution in [-0.4, -0.2) is 9.91 Å². The maximum Gasteiger partial charge on any atom is 0.269 e. The van der Waals surface area contributed by atoms with Crippen molar-refractivity contribution in [2.75, 3.05) is 5.32 Å². The van der Waals surface area contributed by atoms with E-state index in [0.29, 0.717) is 17.1 Å². The number of hydrogen-bond acceptors (Lipinski definition) is 4. The van der Waals surface area contributed by atoms with Crippen LogP contribution in [0.25, 0.3) is 0 Å². The van der Waals surface area contributed by atoms with Crippen LogP contribution in [0.5, 0.6) is 0 Å². The van der Waals surface area contributed by atoms with Crippen molar-refractivity contribution in [1.29, 1.82) is 0 Å². The average molecular weight is 278 g/mol. The molecular weight excluding hydrogens is 266 g/mol. The molecule has 98 valence electrons. The minimum atomic E-state index is -0.435. The second-order valence-corrected chi connectivity index (χ2v) is 4.43. The van der Waals surface area contributed by atoms with Crippen LogP contribution in [0.4, 0.5) is 11.4 Å². The Balaban J connectivity index is 2.17. The topological polar surface area (TPSA) is 68.1 Å². The van der Waals surface area contributed by atoms with Gasteiger partial charge in [-0.1, -0.05) is 11.6 Å². The van der Waals surface area contributed by atoms with E-state index in [1.165, 1.54) is 18.2 Å². The maximum absolute atomic E-state index is 10.7. The van der Waals surface area contributed by atoms with Crippen molar-refractivity contribution in [2.24, 2.45) is 0 Å². The zero-order valence-electron chi connectivity index (χ0n) is 10.3. The van der Waals surface area contributed by atoms with Gasteiger partial charge in [0.05, 0.1) is 16.3 Å². The van der Waals surface area contributed by atoms with E-state index >= 15 is 0 Å². The molecule has 0 fully saturated rings. The molecule has 6 heteroatoms. The molecule has 2 rings (SSSR count). The number of nitrogens with zero attached hydrogens (tertiary/aromatic N) is 2. The van der Waals surface area contributed by atoms with Crippen molar-refractivity contribution >= 4 is 23.0 Å². The monoisotopic (exact) mass is 277 g/mol. The normalized spacial score (nSPS) is 10.2. The molecule has 19 heavy (non-hydrogen) atoms. The molecule has 0 aliphatic heterocycles. The number of nitro benzene ring substituents is 1. The predicted octanol–water partition coefficient (Wildman–Crippen LogP) is 3.56.